The number of halogens is 6. The molecule has 0 spiro atoms. The maximum atomic E-state index is 12.8. The molecule has 5 nitrogen and oxygen atoms in total. The Morgan fingerprint density at radius 3 is 2.47 bits per heavy atom. The monoisotopic (exact) mass is 543 g/mol. The van der Waals surface area contributed by atoms with Gasteiger partial charge < -0.3 is 24.2 Å². The summed E-state index contributed by atoms with van der Waals surface area (Å²) in [6.45, 7) is 0.202. The highest BCUT2D eigenvalue weighted by Crippen LogP contribution is 2.42. The zero-order valence-corrected chi connectivity index (χ0v) is 20.4. The van der Waals surface area contributed by atoms with Crippen LogP contribution in [0.25, 0.3) is 11.1 Å². The van der Waals surface area contributed by atoms with Crippen molar-refractivity contribution in [3.05, 3.63) is 72.0 Å². The van der Waals surface area contributed by atoms with Crippen molar-refractivity contribution in [2.45, 2.75) is 44.1 Å². The van der Waals surface area contributed by atoms with Gasteiger partial charge in [-0.05, 0) is 66.3 Å². The minimum Gasteiger partial charge on any atom is -0.406 e. The molecule has 0 saturated heterocycles. The summed E-state index contributed by atoms with van der Waals surface area (Å²) in [7, 11) is 1.45. The number of nitrogens with zero attached hydrogens (tertiary/aromatic N) is 1. The molecule has 2 aliphatic rings. The highest BCUT2D eigenvalue weighted by molar-refractivity contribution is 5.76. The Labute approximate surface area is 215 Å². The van der Waals surface area contributed by atoms with Crippen molar-refractivity contribution >= 4 is 5.69 Å². The zero-order valence-electron chi connectivity index (χ0n) is 20.4. The fourth-order valence-electron chi connectivity index (χ4n) is 5.16. The second-order valence-corrected chi connectivity index (χ2v) is 9.17. The van der Waals surface area contributed by atoms with E-state index >= 15 is 0 Å². The van der Waals surface area contributed by atoms with Crippen molar-refractivity contribution in [1.82, 2.24) is 0 Å². The van der Waals surface area contributed by atoms with Crippen molar-refractivity contribution in [1.29, 1.82) is 0 Å². The minimum atomic E-state index is -4.83. The van der Waals surface area contributed by atoms with Gasteiger partial charge in [0.05, 0.1) is 12.7 Å². The van der Waals surface area contributed by atoms with Crippen molar-refractivity contribution in [2.24, 2.45) is 5.92 Å². The van der Waals surface area contributed by atoms with Crippen LogP contribution in [0, 0.1) is 5.92 Å². The zero-order chi connectivity index (χ0) is 27.5. The van der Waals surface area contributed by atoms with Crippen LogP contribution in [0.5, 0.6) is 5.75 Å². The molecule has 2 aromatic carbocycles. The number of fused-ring (bicyclic) bond motifs is 1. The van der Waals surface area contributed by atoms with E-state index in [-0.39, 0.29) is 36.6 Å². The van der Waals surface area contributed by atoms with Crippen LogP contribution in [0.1, 0.15) is 18.4 Å². The molecule has 206 valence electrons. The van der Waals surface area contributed by atoms with Crippen LogP contribution in [0.15, 0.2) is 66.5 Å². The fourth-order valence-corrected chi connectivity index (χ4v) is 5.16. The third-order valence-electron chi connectivity index (χ3n) is 6.49. The molecule has 1 heterocycles. The molecule has 0 fully saturated rings. The molecule has 1 unspecified atom stereocenters. The minimum absolute atomic E-state index is 0.0535. The molecule has 1 aliphatic carbocycles. The van der Waals surface area contributed by atoms with Crippen molar-refractivity contribution in [3.63, 3.8) is 0 Å². The Morgan fingerprint density at radius 1 is 1.03 bits per heavy atom. The average Bonchev–Trinajstić information content (AvgIpc) is 2.82. The Kier molecular flexibility index (Phi) is 8.27. The number of rotatable bonds is 8. The highest BCUT2D eigenvalue weighted by Gasteiger charge is 2.37. The normalized spacial score (nSPS) is 20.5. The van der Waals surface area contributed by atoms with Gasteiger partial charge in [0.15, 0.2) is 0 Å². The lowest BCUT2D eigenvalue weighted by Gasteiger charge is -2.44. The topological polar surface area (TPSA) is 51.2 Å². The van der Waals surface area contributed by atoms with Gasteiger partial charge in [0.1, 0.15) is 11.5 Å². The van der Waals surface area contributed by atoms with Gasteiger partial charge in [-0.1, -0.05) is 30.3 Å². The smallest absolute Gasteiger partial charge is 0.406 e. The summed E-state index contributed by atoms with van der Waals surface area (Å²) in [4.78, 5) is 1.95. The maximum Gasteiger partial charge on any atom is 0.573 e. The summed E-state index contributed by atoms with van der Waals surface area (Å²) in [6.07, 6.45) is -4.59. The number of hydrogen-bond donors (Lipinski definition) is 1. The number of aliphatic hydroxyl groups is 1. The summed E-state index contributed by atoms with van der Waals surface area (Å²) in [5, 5.41) is 10.6. The largest absolute Gasteiger partial charge is 0.573 e. The summed E-state index contributed by atoms with van der Waals surface area (Å²) in [6, 6.07) is 10.8. The molecule has 38 heavy (non-hydrogen) atoms. The number of alkyl halides is 6. The first-order chi connectivity index (χ1) is 17.9. The summed E-state index contributed by atoms with van der Waals surface area (Å²) >= 11 is 0. The lowest BCUT2D eigenvalue weighted by Crippen LogP contribution is -2.48. The average molecular weight is 544 g/mol. The molecule has 11 heteroatoms. The van der Waals surface area contributed by atoms with Gasteiger partial charge in [0, 0.05) is 31.3 Å². The Bertz CT molecular complexity index is 1180. The predicted molar refractivity (Wildman–Crippen MR) is 128 cm³/mol. The first kappa shape index (κ1) is 27.8. The van der Waals surface area contributed by atoms with Crippen molar-refractivity contribution < 1.29 is 45.7 Å². The molecular formula is C27H27F6NO4. The van der Waals surface area contributed by atoms with Crippen LogP contribution in [0.4, 0.5) is 32.0 Å². The van der Waals surface area contributed by atoms with Crippen LogP contribution < -0.4 is 9.64 Å². The Morgan fingerprint density at radius 2 is 1.76 bits per heavy atom. The molecular weight excluding hydrogens is 516 g/mol. The molecule has 0 bridgehead atoms. The van der Waals surface area contributed by atoms with E-state index in [4.69, 9.17) is 4.74 Å². The van der Waals surface area contributed by atoms with Gasteiger partial charge >= 0.3 is 12.7 Å². The molecule has 4 rings (SSSR count). The SMILES string of the molecule is COC[C@@H](O)CN1c2cccc(-c3cccc(OC(F)(F)F)c3)c2CC[C@@H]1C1C=C(OC(F)(F)F)C=CC1. The third kappa shape index (κ3) is 7.02. The van der Waals surface area contributed by atoms with Gasteiger partial charge in [0.25, 0.3) is 0 Å². The number of benzene rings is 2. The molecule has 2 aromatic rings. The maximum absolute atomic E-state index is 12.8. The predicted octanol–water partition coefficient (Wildman–Crippen LogP) is 6.38. The quantitative estimate of drug-likeness (QED) is 0.392. The molecule has 1 N–H and O–H groups in total. The molecule has 0 aromatic heterocycles. The Hall–Kier alpha value is -3.18. The van der Waals surface area contributed by atoms with Gasteiger partial charge in [-0.3, -0.25) is 0 Å². The number of allylic oxidation sites excluding steroid dienone is 2. The lowest BCUT2D eigenvalue weighted by atomic mass is 9.81. The first-order valence-electron chi connectivity index (χ1n) is 12.0. The summed E-state index contributed by atoms with van der Waals surface area (Å²) in [5.74, 6) is -0.954. The van der Waals surface area contributed by atoms with Gasteiger partial charge in [0.2, 0.25) is 0 Å². The standard InChI is InChI=1S/C27H27F6NO4/c1-36-16-19(35)15-34-24(18-6-3-8-21(14-18)38-27(31,32)33)12-11-23-22(9-4-10-25(23)34)17-5-2-7-20(13-17)37-26(28,29)30/h2-5,7-10,13-14,18-19,24,35H,6,11-12,15-16H2,1H3/t18?,19-,24+/m0/s1. The number of hydrogen-bond acceptors (Lipinski definition) is 5. The van der Waals surface area contributed by atoms with Crippen molar-refractivity contribution in [3.8, 4) is 16.9 Å². The summed E-state index contributed by atoms with van der Waals surface area (Å²) in [5.41, 5.74) is 2.85. The van der Waals surface area contributed by atoms with E-state index in [1.54, 1.807) is 24.3 Å². The highest BCUT2D eigenvalue weighted by atomic mass is 19.4. The van der Waals surface area contributed by atoms with Gasteiger partial charge in [-0.2, -0.15) is 0 Å². The van der Waals surface area contributed by atoms with Crippen molar-refractivity contribution in [2.75, 3.05) is 25.2 Å². The van der Waals surface area contributed by atoms with Gasteiger partial charge in [-0.25, -0.2) is 0 Å². The second-order valence-electron chi connectivity index (χ2n) is 9.17. The fraction of sp³-hybridized carbons (Fsp3) is 0.407. The molecule has 0 amide bonds. The molecule has 1 aliphatic heterocycles. The van der Waals surface area contributed by atoms with E-state index < -0.39 is 18.8 Å². The van der Waals surface area contributed by atoms with Crippen LogP contribution >= 0.6 is 0 Å². The lowest BCUT2D eigenvalue weighted by molar-refractivity contribution is -0.303. The van der Waals surface area contributed by atoms with Crippen LogP contribution in [0.3, 0.4) is 0 Å². The van der Waals surface area contributed by atoms with Crippen LogP contribution in [-0.4, -0.2) is 50.2 Å². The number of β-amino-alcohol motifs (C(OH)–C–C–N with tert-alkyl or cyclic N) is 1. The first-order valence-corrected chi connectivity index (χ1v) is 12.0. The van der Waals surface area contributed by atoms with Crippen LogP contribution in [-0.2, 0) is 15.9 Å². The van der Waals surface area contributed by atoms with E-state index in [2.05, 4.69) is 9.47 Å². The van der Waals surface area contributed by atoms with Gasteiger partial charge in [-0.15, -0.1) is 26.3 Å². The van der Waals surface area contributed by atoms with E-state index in [9.17, 15) is 31.4 Å². The molecule has 0 radical (unpaired) electrons. The second kappa shape index (κ2) is 11.3. The third-order valence-corrected chi connectivity index (χ3v) is 6.49. The Balaban J connectivity index is 1.70. The van der Waals surface area contributed by atoms with E-state index in [0.29, 0.717) is 30.4 Å². The molecule has 0 saturated carbocycles. The van der Waals surface area contributed by atoms with Crippen LogP contribution in [0.2, 0.25) is 0 Å². The number of ether oxygens (including phenoxy) is 3. The number of aliphatic hydroxyl groups excluding tert-OH is 1. The summed E-state index contributed by atoms with van der Waals surface area (Å²) < 4.78 is 90.2. The van der Waals surface area contributed by atoms with E-state index in [1.165, 1.54) is 37.5 Å². The van der Waals surface area contributed by atoms with E-state index in [1.807, 2.05) is 11.0 Å². The van der Waals surface area contributed by atoms with E-state index in [0.717, 1.165) is 11.3 Å². The molecule has 3 atom stereocenters. The number of anilines is 1. The number of methoxy groups -OCH3 is 1.